The van der Waals surface area contributed by atoms with Crippen LogP contribution < -0.4 is 4.74 Å². The summed E-state index contributed by atoms with van der Waals surface area (Å²) in [6, 6.07) is 5.74. The second-order valence-corrected chi connectivity index (χ2v) is 5.30. The largest absolute Gasteiger partial charge is 0.456 e. The topological polar surface area (TPSA) is 69.4 Å². The first-order chi connectivity index (χ1) is 11.1. The zero-order chi connectivity index (χ0) is 18.1. The van der Waals surface area contributed by atoms with Crippen LogP contribution in [0.4, 0.5) is 18.9 Å². The highest BCUT2D eigenvalue weighted by Crippen LogP contribution is 2.37. The Morgan fingerprint density at radius 1 is 1.21 bits per heavy atom. The van der Waals surface area contributed by atoms with Crippen LogP contribution in [0.1, 0.15) is 15.9 Å². The Labute approximate surface area is 143 Å². The van der Waals surface area contributed by atoms with E-state index in [0.29, 0.717) is 6.07 Å². The number of nitro groups is 1. The predicted octanol–water partition coefficient (Wildman–Crippen LogP) is 5.13. The van der Waals surface area contributed by atoms with Crippen molar-refractivity contribution in [2.24, 2.45) is 0 Å². The number of nitro benzene ring substituents is 1. The Kier molecular flexibility index (Phi) is 5.05. The molecule has 0 aromatic heterocycles. The number of ether oxygens (including phenoxy) is 1. The normalized spacial score (nSPS) is 11.2. The zero-order valence-corrected chi connectivity index (χ0v) is 13.2. The highest BCUT2D eigenvalue weighted by Gasteiger charge is 2.31. The summed E-state index contributed by atoms with van der Waals surface area (Å²) in [5.74, 6) is -0.115. The van der Waals surface area contributed by atoms with E-state index in [1.165, 1.54) is 6.07 Å². The molecule has 0 aliphatic rings. The van der Waals surface area contributed by atoms with Gasteiger partial charge >= 0.3 is 6.18 Å². The van der Waals surface area contributed by atoms with Gasteiger partial charge in [-0.15, -0.1) is 12.6 Å². The van der Waals surface area contributed by atoms with Crippen LogP contribution in [-0.2, 0) is 6.18 Å². The van der Waals surface area contributed by atoms with Gasteiger partial charge in [0, 0.05) is 6.07 Å². The number of carbonyl (C=O) groups excluding carboxylic acids is 1. The second-order valence-electron chi connectivity index (χ2n) is 4.49. The lowest BCUT2D eigenvalue weighted by molar-refractivity contribution is -0.385. The maximum absolute atomic E-state index is 12.6. The van der Waals surface area contributed by atoms with Crippen molar-refractivity contribution in [3.63, 3.8) is 0 Å². The molecule has 5 nitrogen and oxygen atoms in total. The van der Waals surface area contributed by atoms with Crippen molar-refractivity contribution in [3.05, 3.63) is 62.7 Å². The number of alkyl halides is 3. The summed E-state index contributed by atoms with van der Waals surface area (Å²) in [5.41, 5.74) is -1.74. The molecule has 0 atom stereocenters. The lowest BCUT2D eigenvalue weighted by atomic mass is 10.2. The van der Waals surface area contributed by atoms with Crippen LogP contribution >= 0.6 is 24.2 Å². The minimum atomic E-state index is -4.55. The molecule has 0 amide bonds. The van der Waals surface area contributed by atoms with E-state index < -0.39 is 27.5 Å². The van der Waals surface area contributed by atoms with Crippen LogP contribution in [0.15, 0.2) is 36.4 Å². The number of hydrogen-bond acceptors (Lipinski definition) is 4. The van der Waals surface area contributed by atoms with Gasteiger partial charge in [0.05, 0.1) is 15.5 Å². The second kappa shape index (κ2) is 6.70. The summed E-state index contributed by atoms with van der Waals surface area (Å²) in [6.07, 6.45) is -4.55. The molecule has 0 radical (unpaired) electrons. The third-order valence-corrected chi connectivity index (χ3v) is 3.42. The first-order valence-electron chi connectivity index (χ1n) is 6.16. The number of hydrogen-bond donors (Lipinski definition) is 1. The van der Waals surface area contributed by atoms with Crippen molar-refractivity contribution < 1.29 is 27.6 Å². The average Bonchev–Trinajstić information content (AvgIpc) is 2.47. The Balaban J connectivity index is 2.37. The van der Waals surface area contributed by atoms with E-state index >= 15 is 0 Å². The zero-order valence-electron chi connectivity index (χ0n) is 11.5. The van der Waals surface area contributed by atoms with Crippen molar-refractivity contribution in [2.45, 2.75) is 6.18 Å². The van der Waals surface area contributed by atoms with Gasteiger partial charge in [-0.2, -0.15) is 13.2 Å². The minimum absolute atomic E-state index is 0.0142. The Morgan fingerprint density at radius 3 is 2.38 bits per heavy atom. The Bertz CT molecular complexity index is 826. The molecule has 0 unspecified atom stereocenters. The fraction of sp³-hybridized carbons (Fsp3) is 0.0714. The molecular weight excluding hydrogens is 371 g/mol. The molecule has 0 aliphatic carbocycles. The summed E-state index contributed by atoms with van der Waals surface area (Å²) in [7, 11) is 0. The van der Waals surface area contributed by atoms with Crippen molar-refractivity contribution in [3.8, 4) is 11.5 Å². The molecular formula is C14H7ClF3NO4S. The van der Waals surface area contributed by atoms with Crippen molar-refractivity contribution in [2.75, 3.05) is 0 Å². The van der Waals surface area contributed by atoms with Crippen molar-refractivity contribution in [1.82, 2.24) is 0 Å². The van der Waals surface area contributed by atoms with Gasteiger partial charge < -0.3 is 4.74 Å². The molecule has 126 valence electrons. The molecule has 0 fully saturated rings. The van der Waals surface area contributed by atoms with Crippen molar-refractivity contribution >= 4 is 35.0 Å². The van der Waals surface area contributed by atoms with Gasteiger partial charge in [0.1, 0.15) is 17.1 Å². The van der Waals surface area contributed by atoms with E-state index in [0.717, 1.165) is 24.3 Å². The number of rotatable bonds is 4. The molecule has 0 heterocycles. The monoisotopic (exact) mass is 377 g/mol. The third-order valence-electron chi connectivity index (χ3n) is 2.88. The number of thiol groups is 1. The predicted molar refractivity (Wildman–Crippen MR) is 82.9 cm³/mol. The number of nitrogens with zero attached hydrogens (tertiary/aromatic N) is 1. The summed E-state index contributed by atoms with van der Waals surface area (Å²) in [5, 5.41) is 9.67. The highest BCUT2D eigenvalue weighted by atomic mass is 35.5. The van der Waals surface area contributed by atoms with Crippen molar-refractivity contribution in [1.29, 1.82) is 0 Å². The van der Waals surface area contributed by atoms with E-state index in [1.807, 2.05) is 0 Å². The summed E-state index contributed by atoms with van der Waals surface area (Å²) >= 11 is 9.29. The van der Waals surface area contributed by atoms with Crippen LogP contribution in [0.25, 0.3) is 0 Å². The molecule has 0 spiro atoms. The van der Waals surface area contributed by atoms with E-state index in [4.69, 9.17) is 16.3 Å². The SMILES string of the molecule is O=C(S)c1cc(Oc2ccc(C(F)(F)F)cc2Cl)ccc1[N+](=O)[O-]. The van der Waals surface area contributed by atoms with E-state index in [2.05, 4.69) is 12.6 Å². The highest BCUT2D eigenvalue weighted by molar-refractivity contribution is 7.97. The first-order valence-corrected chi connectivity index (χ1v) is 6.98. The molecule has 10 heteroatoms. The number of carbonyl (C=O) groups is 1. The minimum Gasteiger partial charge on any atom is -0.456 e. The quantitative estimate of drug-likeness (QED) is 0.455. The van der Waals surface area contributed by atoms with Gasteiger partial charge in [-0.1, -0.05) is 11.6 Å². The smallest absolute Gasteiger partial charge is 0.416 e. The molecule has 0 saturated carbocycles. The lowest BCUT2D eigenvalue weighted by Gasteiger charge is -2.11. The van der Waals surface area contributed by atoms with Gasteiger partial charge in [-0.25, -0.2) is 0 Å². The van der Waals surface area contributed by atoms with Crippen LogP contribution in [0, 0.1) is 10.1 Å². The Hall–Kier alpha value is -2.26. The fourth-order valence-corrected chi connectivity index (χ4v) is 2.19. The molecule has 0 saturated heterocycles. The van der Waals surface area contributed by atoms with Gasteiger partial charge in [-0.3, -0.25) is 14.9 Å². The molecule has 2 rings (SSSR count). The van der Waals surface area contributed by atoms with E-state index in [9.17, 15) is 28.1 Å². The summed E-state index contributed by atoms with van der Waals surface area (Å²) < 4.78 is 43.0. The van der Waals surface area contributed by atoms with Gasteiger partial charge in [-0.05, 0) is 30.3 Å². The van der Waals surface area contributed by atoms with Crippen LogP contribution in [0.5, 0.6) is 11.5 Å². The van der Waals surface area contributed by atoms with Crippen LogP contribution in [-0.4, -0.2) is 10.0 Å². The lowest BCUT2D eigenvalue weighted by Crippen LogP contribution is -2.04. The van der Waals surface area contributed by atoms with Crippen LogP contribution in [0.2, 0.25) is 5.02 Å². The maximum atomic E-state index is 12.6. The fourth-order valence-electron chi connectivity index (χ4n) is 1.80. The Morgan fingerprint density at radius 2 is 1.88 bits per heavy atom. The first kappa shape index (κ1) is 18.1. The molecule has 2 aromatic carbocycles. The molecule has 0 bridgehead atoms. The molecule has 0 N–H and O–H groups in total. The summed E-state index contributed by atoms with van der Waals surface area (Å²) in [4.78, 5) is 21.4. The van der Waals surface area contributed by atoms with E-state index in [-0.39, 0.29) is 22.1 Å². The standard InChI is InChI=1S/C14H7ClF3NO4S/c15-10-5-7(14(16,17)18)1-4-12(10)23-8-2-3-11(19(21)22)9(6-8)13(20)24/h1-6H,(H,20,24). The maximum Gasteiger partial charge on any atom is 0.416 e. The van der Waals surface area contributed by atoms with Gasteiger partial charge in [0.25, 0.3) is 5.69 Å². The van der Waals surface area contributed by atoms with Gasteiger partial charge in [0.2, 0.25) is 5.12 Å². The molecule has 24 heavy (non-hydrogen) atoms. The van der Waals surface area contributed by atoms with Gasteiger partial charge in [0.15, 0.2) is 0 Å². The van der Waals surface area contributed by atoms with Crippen LogP contribution in [0.3, 0.4) is 0 Å². The third kappa shape index (κ3) is 3.98. The molecule has 2 aromatic rings. The molecule has 0 aliphatic heterocycles. The number of halogens is 4. The van der Waals surface area contributed by atoms with E-state index in [1.54, 1.807) is 0 Å². The summed E-state index contributed by atoms with van der Waals surface area (Å²) in [6.45, 7) is 0. The number of benzene rings is 2. The average molecular weight is 378 g/mol.